The van der Waals surface area contributed by atoms with E-state index in [2.05, 4.69) is 32.8 Å². The van der Waals surface area contributed by atoms with Gasteiger partial charge in [0.1, 0.15) is 0 Å². The lowest BCUT2D eigenvalue weighted by atomic mass is 9.87. The smallest absolute Gasteiger partial charge is 0.220 e. The molecule has 1 amide bonds. The van der Waals surface area contributed by atoms with Crippen LogP contribution in [0.15, 0.2) is 4.99 Å². The Morgan fingerprint density at radius 1 is 1.08 bits per heavy atom. The summed E-state index contributed by atoms with van der Waals surface area (Å²) in [4.78, 5) is 19.0. The van der Waals surface area contributed by atoms with Crippen molar-refractivity contribution in [3.05, 3.63) is 0 Å². The van der Waals surface area contributed by atoms with Gasteiger partial charge in [0.2, 0.25) is 5.91 Å². The number of rotatable bonds is 9. The van der Waals surface area contributed by atoms with Crippen LogP contribution in [0.1, 0.15) is 45.4 Å². The molecule has 0 aromatic heterocycles. The molecule has 1 aliphatic heterocycles. The summed E-state index contributed by atoms with van der Waals surface area (Å²) in [6, 6.07) is 0. The van der Waals surface area contributed by atoms with Crippen molar-refractivity contribution in [1.29, 1.82) is 0 Å². The molecule has 0 aromatic rings. The largest absolute Gasteiger partial charge is 0.379 e. The van der Waals surface area contributed by atoms with Crippen molar-refractivity contribution in [2.24, 2.45) is 10.9 Å². The number of hydrogen-bond donors (Lipinski definition) is 3. The van der Waals surface area contributed by atoms with Crippen LogP contribution in [0.25, 0.3) is 0 Å². The van der Waals surface area contributed by atoms with Gasteiger partial charge >= 0.3 is 0 Å². The van der Waals surface area contributed by atoms with Crippen molar-refractivity contribution in [3.63, 3.8) is 0 Å². The van der Waals surface area contributed by atoms with E-state index in [0.717, 1.165) is 51.9 Å². The molecule has 2 aliphatic rings. The van der Waals surface area contributed by atoms with Gasteiger partial charge in [-0.25, -0.2) is 0 Å². The van der Waals surface area contributed by atoms with Crippen molar-refractivity contribution in [2.75, 3.05) is 59.0 Å². The fourth-order valence-electron chi connectivity index (χ4n) is 3.58. The number of hydrogen-bond acceptors (Lipinski definition) is 4. The maximum absolute atomic E-state index is 12.0. The van der Waals surface area contributed by atoms with E-state index in [-0.39, 0.29) is 5.91 Å². The Labute approximate surface area is 158 Å². The third-order valence-electron chi connectivity index (χ3n) is 5.07. The molecular formula is C19H37N5O2. The Hall–Kier alpha value is -1.34. The maximum atomic E-state index is 12.0. The fourth-order valence-corrected chi connectivity index (χ4v) is 3.58. The normalized spacial score (nSPS) is 20.0. The summed E-state index contributed by atoms with van der Waals surface area (Å²) in [5.41, 5.74) is 0. The lowest BCUT2D eigenvalue weighted by molar-refractivity contribution is -0.122. The number of carbonyl (C=O) groups is 1. The van der Waals surface area contributed by atoms with Crippen LogP contribution < -0.4 is 16.0 Å². The van der Waals surface area contributed by atoms with Gasteiger partial charge in [-0.2, -0.15) is 0 Å². The molecule has 150 valence electrons. The van der Waals surface area contributed by atoms with Gasteiger partial charge in [-0.15, -0.1) is 0 Å². The van der Waals surface area contributed by atoms with Crippen molar-refractivity contribution in [1.82, 2.24) is 20.9 Å². The molecule has 0 atom stereocenters. The summed E-state index contributed by atoms with van der Waals surface area (Å²) in [7, 11) is 0. The van der Waals surface area contributed by atoms with Crippen LogP contribution in [0.4, 0.5) is 0 Å². The SMILES string of the molecule is CCNC(=NCCN1CCOCC1)NCCNC(=O)CC1CCCCC1. The Kier molecular flexibility index (Phi) is 10.4. The van der Waals surface area contributed by atoms with Gasteiger partial charge in [0, 0.05) is 45.7 Å². The number of amides is 1. The van der Waals surface area contributed by atoms with Crippen LogP contribution in [-0.4, -0.2) is 75.8 Å². The van der Waals surface area contributed by atoms with Crippen LogP contribution in [0.3, 0.4) is 0 Å². The van der Waals surface area contributed by atoms with Crippen LogP contribution in [-0.2, 0) is 9.53 Å². The van der Waals surface area contributed by atoms with Gasteiger partial charge in [0.15, 0.2) is 5.96 Å². The highest BCUT2D eigenvalue weighted by Gasteiger charge is 2.16. The zero-order valence-electron chi connectivity index (χ0n) is 16.4. The number of carbonyl (C=O) groups excluding carboxylic acids is 1. The van der Waals surface area contributed by atoms with E-state index in [1.54, 1.807) is 0 Å². The molecular weight excluding hydrogens is 330 g/mol. The highest BCUT2D eigenvalue weighted by atomic mass is 16.5. The second-order valence-corrected chi connectivity index (χ2v) is 7.20. The molecule has 0 unspecified atom stereocenters. The fraction of sp³-hybridized carbons (Fsp3) is 0.895. The quantitative estimate of drug-likeness (QED) is 0.321. The third-order valence-corrected chi connectivity index (χ3v) is 5.07. The summed E-state index contributed by atoms with van der Waals surface area (Å²) in [6.07, 6.45) is 7.02. The lowest BCUT2D eigenvalue weighted by Crippen LogP contribution is -2.42. The molecule has 7 heteroatoms. The molecule has 7 nitrogen and oxygen atoms in total. The molecule has 0 spiro atoms. The number of guanidine groups is 1. The molecule has 3 N–H and O–H groups in total. The Morgan fingerprint density at radius 3 is 2.54 bits per heavy atom. The van der Waals surface area contributed by atoms with E-state index >= 15 is 0 Å². The van der Waals surface area contributed by atoms with E-state index in [4.69, 9.17) is 4.74 Å². The van der Waals surface area contributed by atoms with Gasteiger partial charge in [0.05, 0.1) is 19.8 Å². The van der Waals surface area contributed by atoms with E-state index in [1.807, 2.05) is 0 Å². The Morgan fingerprint density at radius 2 is 1.81 bits per heavy atom. The van der Waals surface area contributed by atoms with Crippen LogP contribution >= 0.6 is 0 Å². The van der Waals surface area contributed by atoms with E-state index < -0.39 is 0 Å². The maximum Gasteiger partial charge on any atom is 0.220 e. The first kappa shape index (κ1) is 21.0. The summed E-state index contributed by atoms with van der Waals surface area (Å²) in [5, 5.41) is 9.58. The van der Waals surface area contributed by atoms with Crippen LogP contribution in [0.2, 0.25) is 0 Å². The number of aliphatic imine (C=N–C) groups is 1. The number of nitrogens with one attached hydrogen (secondary N) is 3. The standard InChI is InChI=1S/C19H37N5O2/c1-2-20-19(23-10-11-24-12-14-26-15-13-24)22-9-8-21-18(25)16-17-6-4-3-5-7-17/h17H,2-16H2,1H3,(H,21,25)(H2,20,22,23). The van der Waals surface area contributed by atoms with Gasteiger partial charge in [-0.05, 0) is 25.7 Å². The summed E-state index contributed by atoms with van der Waals surface area (Å²) < 4.78 is 5.36. The highest BCUT2D eigenvalue weighted by Crippen LogP contribution is 2.25. The zero-order chi connectivity index (χ0) is 18.5. The van der Waals surface area contributed by atoms with Crippen LogP contribution in [0.5, 0.6) is 0 Å². The van der Waals surface area contributed by atoms with Gasteiger partial charge in [-0.1, -0.05) is 19.3 Å². The van der Waals surface area contributed by atoms with E-state index in [1.165, 1.54) is 32.1 Å². The molecule has 26 heavy (non-hydrogen) atoms. The molecule has 2 fully saturated rings. The van der Waals surface area contributed by atoms with Crippen LogP contribution in [0, 0.1) is 5.92 Å². The molecule has 1 aliphatic carbocycles. The average molecular weight is 368 g/mol. The molecule has 0 bridgehead atoms. The minimum atomic E-state index is 0.188. The summed E-state index contributed by atoms with van der Waals surface area (Å²) in [6.45, 7) is 9.58. The minimum Gasteiger partial charge on any atom is -0.379 e. The molecule has 1 saturated carbocycles. The average Bonchev–Trinajstić information content (AvgIpc) is 2.67. The second-order valence-electron chi connectivity index (χ2n) is 7.20. The Bertz CT molecular complexity index is 418. The van der Waals surface area contributed by atoms with Crippen molar-refractivity contribution < 1.29 is 9.53 Å². The zero-order valence-corrected chi connectivity index (χ0v) is 16.4. The number of nitrogens with zero attached hydrogens (tertiary/aromatic N) is 2. The number of ether oxygens (including phenoxy) is 1. The molecule has 0 aromatic carbocycles. The number of morpholine rings is 1. The predicted octanol–water partition coefficient (Wildman–Crippen LogP) is 0.960. The minimum absolute atomic E-state index is 0.188. The van der Waals surface area contributed by atoms with Gasteiger partial charge in [0.25, 0.3) is 0 Å². The monoisotopic (exact) mass is 367 g/mol. The highest BCUT2D eigenvalue weighted by molar-refractivity contribution is 5.80. The van der Waals surface area contributed by atoms with Crippen molar-refractivity contribution >= 4 is 11.9 Å². The molecule has 1 heterocycles. The Balaban J connectivity index is 1.57. The first-order valence-corrected chi connectivity index (χ1v) is 10.4. The molecule has 1 saturated heterocycles. The molecule has 2 rings (SSSR count). The van der Waals surface area contributed by atoms with Gasteiger partial charge < -0.3 is 20.7 Å². The van der Waals surface area contributed by atoms with Crippen molar-refractivity contribution in [2.45, 2.75) is 45.4 Å². The first-order chi connectivity index (χ1) is 12.8. The summed E-state index contributed by atoms with van der Waals surface area (Å²) >= 11 is 0. The topological polar surface area (TPSA) is 78.0 Å². The summed E-state index contributed by atoms with van der Waals surface area (Å²) in [5.74, 6) is 1.60. The second kappa shape index (κ2) is 12.9. The lowest BCUT2D eigenvalue weighted by Gasteiger charge is -2.25. The van der Waals surface area contributed by atoms with E-state index in [9.17, 15) is 4.79 Å². The molecule has 0 radical (unpaired) electrons. The first-order valence-electron chi connectivity index (χ1n) is 10.4. The van der Waals surface area contributed by atoms with Gasteiger partial charge in [-0.3, -0.25) is 14.7 Å². The third kappa shape index (κ3) is 8.85. The van der Waals surface area contributed by atoms with E-state index in [0.29, 0.717) is 25.4 Å². The predicted molar refractivity (Wildman–Crippen MR) is 105 cm³/mol. The van der Waals surface area contributed by atoms with Crippen molar-refractivity contribution in [3.8, 4) is 0 Å².